The van der Waals surface area contributed by atoms with Crippen molar-refractivity contribution in [1.29, 1.82) is 0 Å². The number of halogens is 1. The minimum atomic E-state index is -0.326. The third kappa shape index (κ3) is 2.85. The molecule has 0 aliphatic rings. The molecule has 0 spiro atoms. The van der Waals surface area contributed by atoms with E-state index in [0.29, 0.717) is 16.8 Å². The summed E-state index contributed by atoms with van der Waals surface area (Å²) in [5.74, 6) is -0.576. The first kappa shape index (κ1) is 13.9. The fourth-order valence-corrected chi connectivity index (χ4v) is 2.07. The lowest BCUT2D eigenvalue weighted by atomic mass is 10.1. The SMILES string of the molecule is Cc1cc(F)ccc1NC(=O)c1ccc(-n2cncn2)cc1. The third-order valence-corrected chi connectivity index (χ3v) is 3.25. The summed E-state index contributed by atoms with van der Waals surface area (Å²) in [7, 11) is 0. The van der Waals surface area contributed by atoms with Gasteiger partial charge in [-0.05, 0) is 55.0 Å². The van der Waals surface area contributed by atoms with E-state index in [0.717, 1.165) is 5.69 Å². The van der Waals surface area contributed by atoms with Crippen molar-refractivity contribution in [2.24, 2.45) is 0 Å². The molecule has 1 aromatic heterocycles. The van der Waals surface area contributed by atoms with E-state index in [2.05, 4.69) is 15.4 Å². The second kappa shape index (κ2) is 5.77. The van der Waals surface area contributed by atoms with Gasteiger partial charge in [0.2, 0.25) is 0 Å². The summed E-state index contributed by atoms with van der Waals surface area (Å²) in [6.07, 6.45) is 3.02. The Bertz CT molecular complexity index is 798. The molecule has 22 heavy (non-hydrogen) atoms. The topological polar surface area (TPSA) is 59.8 Å². The molecule has 1 amide bonds. The summed E-state index contributed by atoms with van der Waals surface area (Å²) in [5, 5.41) is 6.79. The van der Waals surface area contributed by atoms with Gasteiger partial charge < -0.3 is 5.32 Å². The van der Waals surface area contributed by atoms with Gasteiger partial charge in [-0.25, -0.2) is 14.1 Å². The number of hydrogen-bond acceptors (Lipinski definition) is 3. The highest BCUT2D eigenvalue weighted by Crippen LogP contribution is 2.17. The van der Waals surface area contributed by atoms with Gasteiger partial charge in [0.25, 0.3) is 5.91 Å². The summed E-state index contributed by atoms with van der Waals surface area (Å²) < 4.78 is 14.7. The molecule has 0 saturated carbocycles. The van der Waals surface area contributed by atoms with Gasteiger partial charge in [0.05, 0.1) is 5.69 Å². The largest absolute Gasteiger partial charge is 0.322 e. The number of aryl methyl sites for hydroxylation is 1. The molecule has 0 unspecified atom stereocenters. The molecule has 1 N–H and O–H groups in total. The highest BCUT2D eigenvalue weighted by Gasteiger charge is 2.08. The number of carbonyl (C=O) groups is 1. The van der Waals surface area contributed by atoms with Crippen LogP contribution in [0, 0.1) is 12.7 Å². The van der Waals surface area contributed by atoms with Gasteiger partial charge in [-0.3, -0.25) is 4.79 Å². The third-order valence-electron chi connectivity index (χ3n) is 3.25. The minimum absolute atomic E-state index is 0.250. The van der Waals surface area contributed by atoms with E-state index in [4.69, 9.17) is 0 Å². The smallest absolute Gasteiger partial charge is 0.255 e. The Balaban J connectivity index is 1.77. The predicted octanol–water partition coefficient (Wildman–Crippen LogP) is 2.97. The lowest BCUT2D eigenvalue weighted by molar-refractivity contribution is 0.102. The quantitative estimate of drug-likeness (QED) is 0.808. The molecule has 2 aromatic carbocycles. The molecule has 0 saturated heterocycles. The summed E-state index contributed by atoms with van der Waals surface area (Å²) >= 11 is 0. The van der Waals surface area contributed by atoms with Crippen LogP contribution in [0.4, 0.5) is 10.1 Å². The van der Waals surface area contributed by atoms with Crippen LogP contribution in [0.3, 0.4) is 0 Å². The Morgan fingerprint density at radius 2 is 1.95 bits per heavy atom. The molecule has 5 nitrogen and oxygen atoms in total. The highest BCUT2D eigenvalue weighted by atomic mass is 19.1. The minimum Gasteiger partial charge on any atom is -0.322 e. The Kier molecular flexibility index (Phi) is 3.65. The van der Waals surface area contributed by atoms with Crippen LogP contribution in [0.15, 0.2) is 55.1 Å². The Hall–Kier alpha value is -3.02. The molecule has 0 fully saturated rings. The zero-order valence-electron chi connectivity index (χ0n) is 11.8. The van der Waals surface area contributed by atoms with Crippen LogP contribution in [0.5, 0.6) is 0 Å². The van der Waals surface area contributed by atoms with E-state index in [1.807, 2.05) is 0 Å². The maximum atomic E-state index is 13.1. The number of nitrogens with one attached hydrogen (secondary N) is 1. The van der Waals surface area contributed by atoms with Crippen molar-refractivity contribution in [2.45, 2.75) is 6.92 Å². The molecule has 3 aromatic rings. The van der Waals surface area contributed by atoms with Crippen LogP contribution >= 0.6 is 0 Å². The van der Waals surface area contributed by atoms with Gasteiger partial charge in [0.1, 0.15) is 18.5 Å². The molecule has 0 bridgehead atoms. The second-order valence-electron chi connectivity index (χ2n) is 4.80. The first-order valence-corrected chi connectivity index (χ1v) is 6.66. The monoisotopic (exact) mass is 296 g/mol. The Morgan fingerprint density at radius 1 is 1.18 bits per heavy atom. The second-order valence-corrected chi connectivity index (χ2v) is 4.80. The zero-order chi connectivity index (χ0) is 15.5. The number of aromatic nitrogens is 3. The van der Waals surface area contributed by atoms with Crippen molar-refractivity contribution < 1.29 is 9.18 Å². The van der Waals surface area contributed by atoms with E-state index >= 15 is 0 Å². The first-order valence-electron chi connectivity index (χ1n) is 6.66. The lowest BCUT2D eigenvalue weighted by Gasteiger charge is -2.09. The Morgan fingerprint density at radius 3 is 2.59 bits per heavy atom. The number of benzene rings is 2. The normalized spacial score (nSPS) is 10.5. The fourth-order valence-electron chi connectivity index (χ4n) is 2.07. The zero-order valence-corrected chi connectivity index (χ0v) is 11.8. The van der Waals surface area contributed by atoms with Crippen LogP contribution in [0.25, 0.3) is 5.69 Å². The van der Waals surface area contributed by atoms with Crippen LogP contribution < -0.4 is 5.32 Å². The van der Waals surface area contributed by atoms with Gasteiger partial charge in [-0.15, -0.1) is 0 Å². The van der Waals surface area contributed by atoms with Gasteiger partial charge in [0, 0.05) is 11.3 Å². The maximum Gasteiger partial charge on any atom is 0.255 e. The summed E-state index contributed by atoms with van der Waals surface area (Å²) in [5.41, 5.74) is 2.58. The number of nitrogens with zero attached hydrogens (tertiary/aromatic N) is 3. The average Bonchev–Trinajstić information content (AvgIpc) is 3.04. The molecule has 0 radical (unpaired) electrons. The molecule has 0 aliphatic carbocycles. The van der Waals surface area contributed by atoms with E-state index in [-0.39, 0.29) is 11.7 Å². The van der Waals surface area contributed by atoms with Crippen LogP contribution in [0.2, 0.25) is 0 Å². The fraction of sp³-hybridized carbons (Fsp3) is 0.0625. The first-order chi connectivity index (χ1) is 10.6. The van der Waals surface area contributed by atoms with Gasteiger partial charge in [-0.2, -0.15) is 5.10 Å². The number of anilines is 1. The van der Waals surface area contributed by atoms with Crippen LogP contribution in [0.1, 0.15) is 15.9 Å². The van der Waals surface area contributed by atoms with Gasteiger partial charge >= 0.3 is 0 Å². The molecular formula is C16H13FN4O. The molecule has 0 atom stereocenters. The number of rotatable bonds is 3. The molecule has 110 valence electrons. The lowest BCUT2D eigenvalue weighted by Crippen LogP contribution is -2.13. The highest BCUT2D eigenvalue weighted by molar-refractivity contribution is 6.04. The summed E-state index contributed by atoms with van der Waals surface area (Å²) in [4.78, 5) is 16.1. The van der Waals surface area contributed by atoms with Crippen LogP contribution in [-0.2, 0) is 0 Å². The maximum absolute atomic E-state index is 13.1. The summed E-state index contributed by atoms with van der Waals surface area (Å²) in [6, 6.07) is 11.2. The van der Waals surface area contributed by atoms with E-state index in [1.54, 1.807) is 48.3 Å². The van der Waals surface area contributed by atoms with Crippen molar-refractivity contribution in [3.63, 3.8) is 0 Å². The van der Waals surface area contributed by atoms with Gasteiger partial charge in [-0.1, -0.05) is 0 Å². The van der Waals surface area contributed by atoms with E-state index in [9.17, 15) is 9.18 Å². The molecule has 6 heteroatoms. The van der Waals surface area contributed by atoms with E-state index in [1.165, 1.54) is 18.5 Å². The van der Waals surface area contributed by atoms with Crippen molar-refractivity contribution in [2.75, 3.05) is 5.32 Å². The predicted molar refractivity (Wildman–Crippen MR) is 80.4 cm³/mol. The molecule has 0 aliphatic heterocycles. The van der Waals surface area contributed by atoms with Crippen molar-refractivity contribution >= 4 is 11.6 Å². The van der Waals surface area contributed by atoms with Gasteiger partial charge in [0.15, 0.2) is 0 Å². The van der Waals surface area contributed by atoms with Crippen molar-refractivity contribution in [1.82, 2.24) is 14.8 Å². The molecule has 1 heterocycles. The summed E-state index contributed by atoms with van der Waals surface area (Å²) in [6.45, 7) is 1.74. The van der Waals surface area contributed by atoms with E-state index < -0.39 is 0 Å². The Labute approximate surface area is 126 Å². The van der Waals surface area contributed by atoms with Crippen LogP contribution in [-0.4, -0.2) is 20.7 Å². The molecular weight excluding hydrogens is 283 g/mol. The number of amides is 1. The standard InChI is InChI=1S/C16H13FN4O/c1-11-8-13(17)4-7-15(11)20-16(22)12-2-5-14(6-3-12)21-10-18-9-19-21/h2-10H,1H3,(H,20,22). The number of carbonyl (C=O) groups excluding carboxylic acids is 1. The molecule has 3 rings (SSSR count). The number of hydrogen-bond donors (Lipinski definition) is 1. The van der Waals surface area contributed by atoms with Crippen molar-refractivity contribution in [3.05, 3.63) is 72.1 Å². The average molecular weight is 296 g/mol. The van der Waals surface area contributed by atoms with Crippen molar-refractivity contribution in [3.8, 4) is 5.69 Å².